The Kier molecular flexibility index (Phi) is 9.13. The first kappa shape index (κ1) is 18.3. The first-order chi connectivity index (χ1) is 10.7. The SMILES string of the molecule is CCCC[n+]1ccc(C)cc1.CCCC[n+]1ccc(C)cc1. The van der Waals surface area contributed by atoms with Crippen LogP contribution < -0.4 is 9.13 Å². The van der Waals surface area contributed by atoms with Crippen LogP contribution in [0, 0.1) is 13.8 Å². The number of aryl methyl sites for hydroxylation is 4. The van der Waals surface area contributed by atoms with E-state index in [-0.39, 0.29) is 0 Å². The molecule has 0 saturated carbocycles. The second-order valence-corrected chi connectivity index (χ2v) is 5.93. The maximum atomic E-state index is 2.23. The van der Waals surface area contributed by atoms with Crippen LogP contribution in [0.15, 0.2) is 49.1 Å². The number of rotatable bonds is 6. The average Bonchev–Trinajstić information content (AvgIpc) is 2.54. The van der Waals surface area contributed by atoms with Gasteiger partial charge in [-0.25, -0.2) is 9.13 Å². The first-order valence-electron chi connectivity index (χ1n) is 8.57. The summed E-state index contributed by atoms with van der Waals surface area (Å²) in [6.07, 6.45) is 13.6. The summed E-state index contributed by atoms with van der Waals surface area (Å²) in [6, 6.07) is 8.59. The molecule has 120 valence electrons. The number of aromatic nitrogens is 2. The van der Waals surface area contributed by atoms with Gasteiger partial charge in [0.2, 0.25) is 0 Å². The molecule has 2 rings (SSSR count). The van der Waals surface area contributed by atoms with Gasteiger partial charge in [-0.05, 0) is 25.0 Å². The lowest BCUT2D eigenvalue weighted by Crippen LogP contribution is -2.32. The first-order valence-corrected chi connectivity index (χ1v) is 8.57. The third kappa shape index (κ3) is 7.92. The number of pyridine rings is 2. The molecule has 0 radical (unpaired) electrons. The third-order valence-electron chi connectivity index (χ3n) is 3.66. The molecule has 0 bridgehead atoms. The van der Waals surface area contributed by atoms with Crippen LogP contribution in [0.4, 0.5) is 0 Å². The van der Waals surface area contributed by atoms with Crippen molar-refractivity contribution in [3.63, 3.8) is 0 Å². The van der Waals surface area contributed by atoms with E-state index in [4.69, 9.17) is 0 Å². The molecule has 0 aliphatic heterocycles. The van der Waals surface area contributed by atoms with Crippen molar-refractivity contribution in [2.45, 2.75) is 66.5 Å². The lowest BCUT2D eigenvalue weighted by Gasteiger charge is -1.94. The Labute approximate surface area is 136 Å². The fraction of sp³-hybridized carbons (Fsp3) is 0.500. The highest BCUT2D eigenvalue weighted by Gasteiger charge is 1.96. The van der Waals surface area contributed by atoms with Crippen LogP contribution in [0.3, 0.4) is 0 Å². The third-order valence-corrected chi connectivity index (χ3v) is 3.66. The molecule has 0 aliphatic carbocycles. The van der Waals surface area contributed by atoms with E-state index >= 15 is 0 Å². The minimum atomic E-state index is 1.15. The minimum Gasteiger partial charge on any atom is -0.205 e. The van der Waals surface area contributed by atoms with Gasteiger partial charge in [0.05, 0.1) is 0 Å². The van der Waals surface area contributed by atoms with Gasteiger partial charge in [0.15, 0.2) is 24.8 Å². The molecule has 2 aromatic heterocycles. The number of nitrogens with zero attached hydrogens (tertiary/aromatic N) is 2. The van der Waals surface area contributed by atoms with Crippen molar-refractivity contribution in [2.75, 3.05) is 0 Å². The van der Waals surface area contributed by atoms with Gasteiger partial charge >= 0.3 is 0 Å². The second kappa shape index (κ2) is 10.9. The highest BCUT2D eigenvalue weighted by atomic mass is 14.9. The van der Waals surface area contributed by atoms with Gasteiger partial charge in [-0.1, -0.05) is 26.7 Å². The van der Waals surface area contributed by atoms with Gasteiger partial charge in [-0.3, -0.25) is 0 Å². The molecule has 0 fully saturated rings. The molecule has 2 heterocycles. The van der Waals surface area contributed by atoms with Crippen molar-refractivity contribution in [1.29, 1.82) is 0 Å². The molecular formula is C20H32N2+2. The van der Waals surface area contributed by atoms with Crippen LogP contribution in [0.2, 0.25) is 0 Å². The van der Waals surface area contributed by atoms with E-state index in [1.165, 1.54) is 36.8 Å². The molecule has 0 aromatic carbocycles. The van der Waals surface area contributed by atoms with Gasteiger partial charge in [-0.2, -0.15) is 0 Å². The van der Waals surface area contributed by atoms with Gasteiger partial charge in [0.1, 0.15) is 13.1 Å². The summed E-state index contributed by atoms with van der Waals surface area (Å²) < 4.78 is 4.47. The Morgan fingerprint density at radius 2 is 0.955 bits per heavy atom. The second-order valence-electron chi connectivity index (χ2n) is 5.93. The molecule has 0 unspecified atom stereocenters. The van der Waals surface area contributed by atoms with E-state index in [9.17, 15) is 0 Å². The molecule has 2 aromatic rings. The van der Waals surface area contributed by atoms with Crippen LogP contribution in [0.1, 0.15) is 50.7 Å². The molecule has 0 atom stereocenters. The summed E-state index contributed by atoms with van der Waals surface area (Å²) >= 11 is 0. The fourth-order valence-corrected chi connectivity index (χ4v) is 2.04. The predicted octanol–water partition coefficient (Wildman–Crippen LogP) is 4.17. The van der Waals surface area contributed by atoms with Crippen molar-refractivity contribution in [2.24, 2.45) is 0 Å². The van der Waals surface area contributed by atoms with Crippen molar-refractivity contribution < 1.29 is 9.13 Å². The minimum absolute atomic E-state index is 1.15. The molecule has 0 N–H and O–H groups in total. The Bertz CT molecular complexity index is 451. The van der Waals surface area contributed by atoms with E-state index in [1.807, 2.05) is 0 Å². The standard InChI is InChI=1S/2C10H16N/c2*1-3-4-7-11-8-5-10(2)6-9-11/h2*5-6,8-9H,3-4,7H2,1-2H3/q2*+1. The zero-order valence-electron chi connectivity index (χ0n) is 14.8. The van der Waals surface area contributed by atoms with Gasteiger partial charge in [0.25, 0.3) is 0 Å². The summed E-state index contributed by atoms with van der Waals surface area (Å²) in [5.74, 6) is 0. The van der Waals surface area contributed by atoms with Crippen molar-refractivity contribution in [3.8, 4) is 0 Å². The van der Waals surface area contributed by atoms with Crippen molar-refractivity contribution in [1.82, 2.24) is 0 Å². The quantitative estimate of drug-likeness (QED) is 0.708. The smallest absolute Gasteiger partial charge is 0.169 e. The van der Waals surface area contributed by atoms with Crippen molar-refractivity contribution >= 4 is 0 Å². The summed E-state index contributed by atoms with van der Waals surface area (Å²) in [5.41, 5.74) is 2.66. The monoisotopic (exact) mass is 300 g/mol. The normalized spacial score (nSPS) is 10.0. The van der Waals surface area contributed by atoms with Gasteiger partial charge in [-0.15, -0.1) is 0 Å². The molecule has 2 heteroatoms. The summed E-state index contributed by atoms with van der Waals surface area (Å²) in [5, 5.41) is 0. The average molecular weight is 300 g/mol. The Morgan fingerprint density at radius 1 is 0.636 bits per heavy atom. The fourth-order valence-electron chi connectivity index (χ4n) is 2.04. The lowest BCUT2D eigenvalue weighted by molar-refractivity contribution is -0.697. The largest absolute Gasteiger partial charge is 0.205 e. The Balaban J connectivity index is 0.000000220. The molecule has 22 heavy (non-hydrogen) atoms. The predicted molar refractivity (Wildman–Crippen MR) is 92.6 cm³/mol. The zero-order valence-corrected chi connectivity index (χ0v) is 14.8. The Hall–Kier alpha value is -1.70. The van der Waals surface area contributed by atoms with E-state index in [1.54, 1.807) is 0 Å². The summed E-state index contributed by atoms with van der Waals surface area (Å²) in [4.78, 5) is 0. The van der Waals surface area contributed by atoms with Crippen LogP contribution in [-0.2, 0) is 13.1 Å². The highest BCUT2D eigenvalue weighted by molar-refractivity contribution is 5.03. The lowest BCUT2D eigenvalue weighted by atomic mass is 10.3. The van der Waals surface area contributed by atoms with E-state index < -0.39 is 0 Å². The number of hydrogen-bond acceptors (Lipinski definition) is 0. The molecule has 2 nitrogen and oxygen atoms in total. The maximum absolute atomic E-state index is 2.23. The van der Waals surface area contributed by atoms with E-state index in [2.05, 4.69) is 85.9 Å². The zero-order chi connectivity index (χ0) is 16.2. The summed E-state index contributed by atoms with van der Waals surface area (Å²) in [6.45, 7) is 11.0. The topological polar surface area (TPSA) is 7.76 Å². The van der Waals surface area contributed by atoms with Crippen molar-refractivity contribution in [3.05, 3.63) is 60.2 Å². The molecule has 0 aliphatic rings. The van der Waals surface area contributed by atoms with E-state index in [0.717, 1.165) is 13.1 Å². The maximum Gasteiger partial charge on any atom is 0.169 e. The van der Waals surface area contributed by atoms with Crippen LogP contribution in [0.5, 0.6) is 0 Å². The number of hydrogen-bond donors (Lipinski definition) is 0. The molecule has 0 saturated heterocycles. The summed E-state index contributed by atoms with van der Waals surface area (Å²) in [7, 11) is 0. The highest BCUT2D eigenvalue weighted by Crippen LogP contribution is 1.92. The molecular weight excluding hydrogens is 268 g/mol. The molecule has 0 spiro atoms. The van der Waals surface area contributed by atoms with Crippen LogP contribution in [0.25, 0.3) is 0 Å². The number of unbranched alkanes of at least 4 members (excludes halogenated alkanes) is 2. The Morgan fingerprint density at radius 3 is 1.23 bits per heavy atom. The van der Waals surface area contributed by atoms with Crippen LogP contribution >= 0.6 is 0 Å². The molecule has 0 amide bonds. The van der Waals surface area contributed by atoms with Crippen LogP contribution in [-0.4, -0.2) is 0 Å². The van der Waals surface area contributed by atoms with Gasteiger partial charge < -0.3 is 0 Å². The van der Waals surface area contributed by atoms with Gasteiger partial charge in [0, 0.05) is 37.1 Å². The van der Waals surface area contributed by atoms with E-state index in [0.29, 0.717) is 0 Å².